The van der Waals surface area contributed by atoms with E-state index in [0.29, 0.717) is 30.6 Å². The third-order valence-electron chi connectivity index (χ3n) is 4.44. The molecular weight excluding hydrogens is 304 g/mol. The fraction of sp³-hybridized carbons (Fsp3) is 0.556. The second-order valence-corrected chi connectivity index (χ2v) is 6.36. The van der Waals surface area contributed by atoms with Gasteiger partial charge in [-0.1, -0.05) is 37.3 Å². The van der Waals surface area contributed by atoms with Crippen LogP contribution in [0.15, 0.2) is 29.0 Å². The van der Waals surface area contributed by atoms with E-state index in [2.05, 4.69) is 20.4 Å². The van der Waals surface area contributed by atoms with Crippen molar-refractivity contribution >= 4 is 5.91 Å². The van der Waals surface area contributed by atoms with Crippen molar-refractivity contribution < 1.29 is 9.32 Å². The third-order valence-corrected chi connectivity index (χ3v) is 4.44. The molecule has 24 heavy (non-hydrogen) atoms. The van der Waals surface area contributed by atoms with Gasteiger partial charge in [0.05, 0.1) is 0 Å². The van der Waals surface area contributed by atoms with Crippen molar-refractivity contribution in [3.63, 3.8) is 0 Å². The maximum atomic E-state index is 12.2. The Morgan fingerprint density at radius 3 is 2.58 bits per heavy atom. The van der Waals surface area contributed by atoms with Gasteiger partial charge < -0.3 is 9.84 Å². The molecule has 0 spiro atoms. The van der Waals surface area contributed by atoms with E-state index in [1.807, 2.05) is 12.1 Å². The topological polar surface area (TPSA) is 80.9 Å². The minimum atomic E-state index is 0.0734. The molecule has 1 aliphatic carbocycles. The van der Waals surface area contributed by atoms with Crippen molar-refractivity contribution in [3.05, 3.63) is 30.4 Å². The van der Waals surface area contributed by atoms with Gasteiger partial charge >= 0.3 is 0 Å². The summed E-state index contributed by atoms with van der Waals surface area (Å²) in [5.74, 6) is 1.10. The minimum Gasteiger partial charge on any atom is -0.353 e. The smallest absolute Gasteiger partial charge is 0.227 e. The van der Waals surface area contributed by atoms with E-state index in [0.717, 1.165) is 18.4 Å². The second-order valence-electron chi connectivity index (χ2n) is 6.36. The Morgan fingerprint density at radius 2 is 1.83 bits per heavy atom. The van der Waals surface area contributed by atoms with Crippen molar-refractivity contribution in [2.45, 2.75) is 63.8 Å². The number of hydrogen-bond donors (Lipinski definition) is 1. The number of nitrogens with zero attached hydrogens (tertiary/aromatic N) is 3. The molecule has 0 atom stereocenters. The van der Waals surface area contributed by atoms with Gasteiger partial charge in [-0.3, -0.25) is 9.78 Å². The Bertz CT molecular complexity index is 633. The molecule has 1 aliphatic rings. The van der Waals surface area contributed by atoms with Gasteiger partial charge in [0.15, 0.2) is 0 Å². The summed E-state index contributed by atoms with van der Waals surface area (Å²) in [7, 11) is 0. The van der Waals surface area contributed by atoms with Gasteiger partial charge in [-0.15, -0.1) is 0 Å². The molecule has 2 heterocycles. The average Bonchev–Trinajstić information content (AvgIpc) is 3.05. The lowest BCUT2D eigenvalue weighted by Crippen LogP contribution is -2.35. The molecule has 0 aliphatic heterocycles. The first-order chi connectivity index (χ1) is 11.8. The van der Waals surface area contributed by atoms with Crippen LogP contribution >= 0.6 is 0 Å². The lowest BCUT2D eigenvalue weighted by Gasteiger charge is -2.20. The molecule has 6 nitrogen and oxygen atoms in total. The summed E-state index contributed by atoms with van der Waals surface area (Å²) in [4.78, 5) is 20.5. The van der Waals surface area contributed by atoms with Crippen LogP contribution < -0.4 is 5.32 Å². The predicted molar refractivity (Wildman–Crippen MR) is 90.1 cm³/mol. The number of carbonyl (C=O) groups excluding carboxylic acids is 1. The molecule has 1 amide bonds. The zero-order valence-corrected chi connectivity index (χ0v) is 13.9. The highest BCUT2D eigenvalue weighted by Crippen LogP contribution is 2.18. The zero-order chi connectivity index (χ0) is 16.6. The average molecular weight is 328 g/mol. The molecule has 0 aromatic carbocycles. The van der Waals surface area contributed by atoms with Gasteiger partial charge in [-0.05, 0) is 25.0 Å². The van der Waals surface area contributed by atoms with Crippen molar-refractivity contribution in [3.8, 4) is 11.4 Å². The van der Waals surface area contributed by atoms with E-state index in [-0.39, 0.29) is 5.91 Å². The maximum Gasteiger partial charge on any atom is 0.227 e. The molecule has 3 rings (SSSR count). The lowest BCUT2D eigenvalue weighted by molar-refractivity contribution is -0.122. The largest absolute Gasteiger partial charge is 0.353 e. The molecule has 0 saturated heterocycles. The van der Waals surface area contributed by atoms with Crippen LogP contribution in [0.5, 0.6) is 0 Å². The number of aromatic nitrogens is 3. The minimum absolute atomic E-state index is 0.0734. The number of carbonyl (C=O) groups is 1. The van der Waals surface area contributed by atoms with E-state index in [1.54, 1.807) is 12.4 Å². The van der Waals surface area contributed by atoms with Crippen molar-refractivity contribution in [2.75, 3.05) is 0 Å². The Morgan fingerprint density at radius 1 is 1.12 bits per heavy atom. The maximum absolute atomic E-state index is 12.2. The standard InChI is InChI=1S/C18H24N4O2/c23-16(20-15-6-4-2-1-3-5-7-15)8-9-17-21-18(22-24-17)14-10-12-19-13-11-14/h10-13,15H,1-9H2,(H,20,23). The summed E-state index contributed by atoms with van der Waals surface area (Å²) in [6.45, 7) is 0. The number of hydrogen-bond acceptors (Lipinski definition) is 5. The van der Waals surface area contributed by atoms with E-state index >= 15 is 0 Å². The molecule has 0 radical (unpaired) electrons. The van der Waals surface area contributed by atoms with Crippen LogP contribution in [0.3, 0.4) is 0 Å². The van der Waals surface area contributed by atoms with Gasteiger partial charge in [-0.25, -0.2) is 0 Å². The van der Waals surface area contributed by atoms with Crippen LogP contribution in [0.4, 0.5) is 0 Å². The highest BCUT2D eigenvalue weighted by molar-refractivity contribution is 5.76. The fourth-order valence-corrected chi connectivity index (χ4v) is 3.10. The SMILES string of the molecule is O=C(CCc1nc(-c2ccncc2)no1)NC1CCCCCCC1. The monoisotopic (exact) mass is 328 g/mol. The second kappa shape index (κ2) is 8.57. The molecule has 1 fully saturated rings. The van der Waals surface area contributed by atoms with E-state index in [1.165, 1.54) is 32.1 Å². The van der Waals surface area contributed by atoms with Crippen LogP contribution in [0.1, 0.15) is 57.3 Å². The van der Waals surface area contributed by atoms with E-state index in [4.69, 9.17) is 4.52 Å². The zero-order valence-electron chi connectivity index (χ0n) is 13.9. The summed E-state index contributed by atoms with van der Waals surface area (Å²) in [5.41, 5.74) is 0.860. The van der Waals surface area contributed by atoms with Gasteiger partial charge in [0.2, 0.25) is 17.6 Å². The van der Waals surface area contributed by atoms with Crippen LogP contribution in [0.2, 0.25) is 0 Å². The quantitative estimate of drug-likeness (QED) is 0.911. The number of pyridine rings is 1. The fourth-order valence-electron chi connectivity index (χ4n) is 3.10. The third kappa shape index (κ3) is 4.88. The van der Waals surface area contributed by atoms with Crippen LogP contribution in [-0.2, 0) is 11.2 Å². The molecule has 6 heteroatoms. The Labute approximate surface area is 142 Å². The summed E-state index contributed by atoms with van der Waals surface area (Å²) < 4.78 is 5.23. The Hall–Kier alpha value is -2.24. The first kappa shape index (κ1) is 16.6. The van der Waals surface area contributed by atoms with Crippen LogP contribution in [0, 0.1) is 0 Å². The molecular formula is C18H24N4O2. The molecule has 1 N–H and O–H groups in total. The van der Waals surface area contributed by atoms with Crippen molar-refractivity contribution in [1.29, 1.82) is 0 Å². The molecule has 1 saturated carbocycles. The Balaban J connectivity index is 1.47. The normalized spacial score (nSPS) is 16.3. The molecule has 2 aromatic rings. The molecule has 2 aromatic heterocycles. The first-order valence-corrected chi connectivity index (χ1v) is 8.83. The number of amides is 1. The number of nitrogens with one attached hydrogen (secondary N) is 1. The van der Waals surface area contributed by atoms with Gasteiger partial charge in [0, 0.05) is 36.8 Å². The number of rotatable bonds is 5. The summed E-state index contributed by atoms with van der Waals surface area (Å²) >= 11 is 0. The highest BCUT2D eigenvalue weighted by Gasteiger charge is 2.15. The van der Waals surface area contributed by atoms with Crippen molar-refractivity contribution in [1.82, 2.24) is 20.4 Å². The molecule has 0 unspecified atom stereocenters. The van der Waals surface area contributed by atoms with Crippen molar-refractivity contribution in [2.24, 2.45) is 0 Å². The van der Waals surface area contributed by atoms with Gasteiger partial charge in [-0.2, -0.15) is 4.98 Å². The van der Waals surface area contributed by atoms with Crippen LogP contribution in [0.25, 0.3) is 11.4 Å². The Kier molecular flexibility index (Phi) is 5.93. The van der Waals surface area contributed by atoms with E-state index < -0.39 is 0 Å². The van der Waals surface area contributed by atoms with Gasteiger partial charge in [0.1, 0.15) is 0 Å². The predicted octanol–water partition coefficient (Wildman–Crippen LogP) is 3.29. The summed E-state index contributed by atoms with van der Waals surface area (Å²) in [6, 6.07) is 3.99. The highest BCUT2D eigenvalue weighted by atomic mass is 16.5. The molecule has 0 bridgehead atoms. The first-order valence-electron chi connectivity index (χ1n) is 8.83. The molecule has 128 valence electrons. The lowest BCUT2D eigenvalue weighted by atomic mass is 9.96. The van der Waals surface area contributed by atoms with E-state index in [9.17, 15) is 4.79 Å². The number of aryl methyl sites for hydroxylation is 1. The summed E-state index contributed by atoms with van der Waals surface area (Å²) in [6.07, 6.45) is 12.7. The van der Waals surface area contributed by atoms with Crippen LogP contribution in [-0.4, -0.2) is 27.1 Å². The summed E-state index contributed by atoms with van der Waals surface area (Å²) in [5, 5.41) is 7.12. The van der Waals surface area contributed by atoms with Gasteiger partial charge in [0.25, 0.3) is 0 Å².